The third-order valence-corrected chi connectivity index (χ3v) is 4.36. The van der Waals surface area contributed by atoms with Gasteiger partial charge in [-0.2, -0.15) is 8.42 Å². The first-order valence-corrected chi connectivity index (χ1v) is 9.75. The van der Waals surface area contributed by atoms with Crippen molar-refractivity contribution in [2.24, 2.45) is 11.7 Å². The van der Waals surface area contributed by atoms with Crippen LogP contribution in [0.5, 0.6) is 0 Å². The topological polar surface area (TPSA) is 95.7 Å². The molecule has 0 rings (SSSR count). The van der Waals surface area contributed by atoms with Gasteiger partial charge in [0.15, 0.2) is 6.61 Å². The van der Waals surface area contributed by atoms with Crippen LogP contribution < -0.4 is 5.73 Å². The maximum absolute atomic E-state index is 11.5. The third-order valence-electron chi connectivity index (χ3n) is 3.47. The van der Waals surface area contributed by atoms with E-state index in [4.69, 9.17) is 10.5 Å². The van der Waals surface area contributed by atoms with E-state index >= 15 is 0 Å². The van der Waals surface area contributed by atoms with E-state index in [1.165, 1.54) is 19.3 Å². The Hall–Kier alpha value is -0.660. The van der Waals surface area contributed by atoms with Gasteiger partial charge in [0.25, 0.3) is 10.1 Å². The second kappa shape index (κ2) is 12.8. The molecule has 0 bridgehead atoms. The van der Waals surface area contributed by atoms with Crippen LogP contribution in [-0.2, 0) is 23.8 Å². The first-order valence-electron chi connectivity index (χ1n) is 8.18. The molecule has 0 saturated carbocycles. The van der Waals surface area contributed by atoms with Crippen LogP contribution >= 0.6 is 0 Å². The van der Waals surface area contributed by atoms with E-state index in [1.54, 1.807) is 0 Å². The van der Waals surface area contributed by atoms with Crippen molar-refractivity contribution in [2.45, 2.75) is 65.2 Å². The monoisotopic (exact) mass is 337 g/mol. The first kappa shape index (κ1) is 21.3. The zero-order valence-corrected chi connectivity index (χ0v) is 14.7. The molecule has 0 saturated heterocycles. The average Bonchev–Trinajstić information content (AvgIpc) is 2.51. The Morgan fingerprint density at radius 2 is 1.68 bits per heavy atom. The second-order valence-electron chi connectivity index (χ2n) is 5.53. The lowest BCUT2D eigenvalue weighted by Crippen LogP contribution is -2.23. The number of carbonyl (C=O) groups is 1. The van der Waals surface area contributed by atoms with E-state index in [-0.39, 0.29) is 0 Å². The van der Waals surface area contributed by atoms with Crippen molar-refractivity contribution < 1.29 is 22.1 Å². The molecule has 1 atom stereocenters. The zero-order valence-electron chi connectivity index (χ0n) is 13.9. The van der Waals surface area contributed by atoms with Gasteiger partial charge in [0.1, 0.15) is 5.88 Å². The summed E-state index contributed by atoms with van der Waals surface area (Å²) in [6.45, 7) is 4.03. The first-order chi connectivity index (χ1) is 10.4. The van der Waals surface area contributed by atoms with Crippen molar-refractivity contribution in [3.63, 3.8) is 0 Å². The highest BCUT2D eigenvalue weighted by Crippen LogP contribution is 2.18. The number of ether oxygens (including phenoxy) is 1. The molecule has 6 nitrogen and oxygen atoms in total. The Bertz CT molecular complexity index is 383. The molecule has 0 aliphatic heterocycles. The van der Waals surface area contributed by atoms with Crippen molar-refractivity contribution >= 4 is 16.1 Å². The van der Waals surface area contributed by atoms with Crippen LogP contribution in [0, 0.1) is 5.92 Å². The van der Waals surface area contributed by atoms with Crippen molar-refractivity contribution in [1.82, 2.24) is 0 Å². The van der Waals surface area contributed by atoms with Gasteiger partial charge in [-0.1, -0.05) is 52.4 Å². The van der Waals surface area contributed by atoms with Gasteiger partial charge in [-0.25, -0.2) is 4.79 Å². The van der Waals surface area contributed by atoms with Gasteiger partial charge in [0, 0.05) is 0 Å². The van der Waals surface area contributed by atoms with E-state index < -0.39 is 28.6 Å². The molecule has 0 fully saturated rings. The Morgan fingerprint density at radius 1 is 1.05 bits per heavy atom. The molecule has 22 heavy (non-hydrogen) atoms. The maximum Gasteiger partial charge on any atom is 0.333 e. The molecule has 0 aromatic rings. The molecule has 0 aliphatic carbocycles. The lowest BCUT2D eigenvalue weighted by Gasteiger charge is -2.16. The Morgan fingerprint density at radius 3 is 2.27 bits per heavy atom. The molecular weight excluding hydrogens is 306 g/mol. The van der Waals surface area contributed by atoms with Crippen LogP contribution in [0.1, 0.15) is 65.2 Å². The maximum atomic E-state index is 11.5. The number of esters is 1. The van der Waals surface area contributed by atoms with E-state index in [0.29, 0.717) is 12.5 Å². The number of unbranched alkanes of at least 4 members (excludes halogenated alkanes) is 4. The molecule has 0 radical (unpaired) electrons. The molecule has 132 valence electrons. The van der Waals surface area contributed by atoms with Crippen molar-refractivity contribution in [3.05, 3.63) is 0 Å². The van der Waals surface area contributed by atoms with Gasteiger partial charge in [-0.3, -0.25) is 4.18 Å². The number of nitrogens with two attached hydrogens (primary N) is 1. The third kappa shape index (κ3) is 11.9. The largest absolute Gasteiger partial charge is 0.464 e. The minimum atomic E-state index is -3.81. The van der Waals surface area contributed by atoms with Gasteiger partial charge in [-0.05, 0) is 18.8 Å². The summed E-state index contributed by atoms with van der Waals surface area (Å²) < 4.78 is 31.6. The van der Waals surface area contributed by atoms with E-state index in [1.807, 2.05) is 0 Å². The van der Waals surface area contributed by atoms with Gasteiger partial charge in [0.2, 0.25) is 0 Å². The summed E-state index contributed by atoms with van der Waals surface area (Å²) in [5, 5.41) is 0. The summed E-state index contributed by atoms with van der Waals surface area (Å²) in [7, 11) is -3.81. The number of rotatable bonds is 14. The van der Waals surface area contributed by atoms with Crippen molar-refractivity contribution in [3.8, 4) is 0 Å². The highest BCUT2D eigenvalue weighted by atomic mass is 32.2. The van der Waals surface area contributed by atoms with Gasteiger partial charge in [-0.15, -0.1) is 0 Å². The van der Waals surface area contributed by atoms with E-state index in [2.05, 4.69) is 18.0 Å². The molecule has 0 amide bonds. The predicted molar refractivity (Wildman–Crippen MR) is 86.7 cm³/mol. The lowest BCUT2D eigenvalue weighted by molar-refractivity contribution is -0.147. The molecule has 1 unspecified atom stereocenters. The van der Waals surface area contributed by atoms with Gasteiger partial charge < -0.3 is 10.5 Å². The number of hydrogen-bond donors (Lipinski definition) is 1. The summed E-state index contributed by atoms with van der Waals surface area (Å²) in [5.74, 6) is -0.962. The van der Waals surface area contributed by atoms with E-state index in [0.717, 1.165) is 32.1 Å². The predicted octanol–water partition coefficient (Wildman–Crippen LogP) is 2.57. The minimum Gasteiger partial charge on any atom is -0.464 e. The summed E-state index contributed by atoms with van der Waals surface area (Å²) in [5.41, 5.74) is 4.98. The zero-order chi connectivity index (χ0) is 16.8. The molecule has 2 N–H and O–H groups in total. The molecule has 7 heteroatoms. The summed E-state index contributed by atoms with van der Waals surface area (Å²) in [6, 6.07) is 0. The van der Waals surface area contributed by atoms with Crippen LogP contribution in [0.15, 0.2) is 0 Å². The Kier molecular flexibility index (Phi) is 12.5. The Labute approximate surface area is 134 Å². The lowest BCUT2D eigenvalue weighted by atomic mass is 9.96. The van der Waals surface area contributed by atoms with Crippen LogP contribution in [0.4, 0.5) is 0 Å². The average molecular weight is 337 g/mol. The summed E-state index contributed by atoms with van der Waals surface area (Å²) in [4.78, 5) is 11.5. The summed E-state index contributed by atoms with van der Waals surface area (Å²) >= 11 is 0. The highest BCUT2D eigenvalue weighted by molar-refractivity contribution is 7.86. The normalized spacial score (nSPS) is 13.0. The SMILES string of the molecule is CCCCCCC(CCCC)COC(=O)COS(=O)(=O)CN. The molecule has 0 aromatic carbocycles. The molecular formula is C15H31NO5S. The Balaban J connectivity index is 4.05. The van der Waals surface area contributed by atoms with Crippen molar-refractivity contribution in [1.29, 1.82) is 0 Å². The van der Waals surface area contributed by atoms with Crippen molar-refractivity contribution in [2.75, 3.05) is 19.1 Å². The quantitative estimate of drug-likeness (QED) is 0.297. The van der Waals surface area contributed by atoms with Gasteiger partial charge >= 0.3 is 5.97 Å². The van der Waals surface area contributed by atoms with Crippen LogP contribution in [0.3, 0.4) is 0 Å². The highest BCUT2D eigenvalue weighted by Gasteiger charge is 2.15. The standard InChI is InChI=1S/C15H31NO5S/c1-3-5-7-8-10-14(9-6-4-2)11-20-15(17)12-21-22(18,19)13-16/h14H,3-13,16H2,1-2H3. The fourth-order valence-electron chi connectivity index (χ4n) is 2.10. The minimum absolute atomic E-state index is 0.330. The second-order valence-corrected chi connectivity index (χ2v) is 7.21. The van der Waals surface area contributed by atoms with Gasteiger partial charge in [0.05, 0.1) is 6.61 Å². The summed E-state index contributed by atoms with van der Waals surface area (Å²) in [6.07, 6.45) is 9.04. The smallest absolute Gasteiger partial charge is 0.333 e. The fraction of sp³-hybridized carbons (Fsp3) is 0.933. The molecule has 0 heterocycles. The number of hydrogen-bond acceptors (Lipinski definition) is 6. The van der Waals surface area contributed by atoms with Crippen LogP contribution in [-0.4, -0.2) is 33.5 Å². The van der Waals surface area contributed by atoms with Crippen LogP contribution in [0.25, 0.3) is 0 Å². The fourth-order valence-corrected chi connectivity index (χ4v) is 2.47. The molecule has 0 aliphatic rings. The molecule has 0 spiro atoms. The number of carbonyl (C=O) groups excluding carboxylic acids is 1. The molecule has 0 aromatic heterocycles. The van der Waals surface area contributed by atoms with Crippen LogP contribution in [0.2, 0.25) is 0 Å². The van der Waals surface area contributed by atoms with E-state index in [9.17, 15) is 13.2 Å².